The average molecular weight is 664 g/mol. The van der Waals surface area contributed by atoms with E-state index in [4.69, 9.17) is 9.47 Å². The van der Waals surface area contributed by atoms with Crippen LogP contribution >= 0.6 is 0 Å². The summed E-state index contributed by atoms with van der Waals surface area (Å²) in [4.78, 5) is 36.7. The largest absolute Gasteiger partial charge is 0.491 e. The molecule has 0 amide bonds. The van der Waals surface area contributed by atoms with E-state index in [0.717, 1.165) is 57.9 Å². The Bertz CT molecular complexity index is 1430. The second-order valence-corrected chi connectivity index (χ2v) is 11.0. The molecule has 3 rings (SSSR count). The maximum absolute atomic E-state index is 14.0. The summed E-state index contributed by atoms with van der Waals surface area (Å²) < 4.78 is 57.7. The normalized spacial score (nSPS) is 15.6. The Kier molecular flexibility index (Phi) is 14.2. The van der Waals surface area contributed by atoms with Crippen LogP contribution in [0.15, 0.2) is 77.1 Å². The van der Waals surface area contributed by atoms with Gasteiger partial charge in [-0.3, -0.25) is 10.1 Å². The van der Waals surface area contributed by atoms with Gasteiger partial charge in [-0.15, -0.1) is 0 Å². The number of hydrogen-bond acceptors (Lipinski definition) is 10. The molecule has 3 N–H and O–H groups in total. The molecule has 1 aliphatic rings. The Morgan fingerprint density at radius 3 is 2.34 bits per heavy atom. The zero-order chi connectivity index (χ0) is 34.4. The van der Waals surface area contributed by atoms with Gasteiger partial charge in [-0.1, -0.05) is 56.0 Å². The van der Waals surface area contributed by atoms with E-state index in [1.54, 1.807) is 0 Å². The highest BCUT2D eigenvalue weighted by Gasteiger charge is 2.47. The van der Waals surface area contributed by atoms with Crippen LogP contribution in [0.2, 0.25) is 0 Å². The maximum Gasteiger partial charge on any atom is 0.431 e. The van der Waals surface area contributed by atoms with Crippen LogP contribution in [0.3, 0.4) is 0 Å². The molecule has 2 aromatic rings. The number of alkyl halides is 3. The van der Waals surface area contributed by atoms with Gasteiger partial charge in [0.2, 0.25) is 0 Å². The number of carbonyl (C=O) groups excluding carboxylic acids is 2. The third-order valence-electron chi connectivity index (χ3n) is 7.43. The molecule has 0 spiro atoms. The predicted molar refractivity (Wildman–Crippen MR) is 166 cm³/mol. The third-order valence-corrected chi connectivity index (χ3v) is 7.43. The van der Waals surface area contributed by atoms with Crippen LogP contribution in [-0.2, 0) is 19.1 Å². The number of unbranched alkanes of at least 4 members (excludes halogenated alkanes) is 5. The molecule has 0 aromatic heterocycles. The van der Waals surface area contributed by atoms with Crippen LogP contribution in [-0.4, -0.2) is 67.7 Å². The first-order valence-electron chi connectivity index (χ1n) is 15.3. The molecule has 2 unspecified atom stereocenters. The predicted octanol–water partition coefficient (Wildman–Crippen LogP) is 5.46. The van der Waals surface area contributed by atoms with E-state index in [9.17, 15) is 38.0 Å². The van der Waals surface area contributed by atoms with Gasteiger partial charge >= 0.3 is 18.1 Å². The Labute approximate surface area is 270 Å². The number of benzene rings is 2. The molecule has 0 bridgehead atoms. The monoisotopic (exact) mass is 663 g/mol. The van der Waals surface area contributed by atoms with Crippen molar-refractivity contribution in [1.29, 1.82) is 0 Å². The number of esters is 2. The number of nitro groups is 1. The molecule has 0 radical (unpaired) electrons. The Morgan fingerprint density at radius 1 is 1.00 bits per heavy atom. The van der Waals surface area contributed by atoms with Crippen LogP contribution in [0.5, 0.6) is 5.75 Å². The molecule has 14 heteroatoms. The molecule has 1 aliphatic heterocycles. The number of nitrogens with one attached hydrogen (secondary N) is 2. The van der Waals surface area contributed by atoms with Crippen LogP contribution in [0, 0.1) is 10.1 Å². The minimum absolute atomic E-state index is 0.00876. The highest BCUT2D eigenvalue weighted by molar-refractivity contribution is 6.00. The van der Waals surface area contributed by atoms with Gasteiger partial charge in [0.25, 0.3) is 5.69 Å². The third kappa shape index (κ3) is 11.1. The number of halogens is 3. The van der Waals surface area contributed by atoms with Crippen molar-refractivity contribution in [2.75, 3.05) is 33.4 Å². The summed E-state index contributed by atoms with van der Waals surface area (Å²) in [5.74, 6) is -3.22. The van der Waals surface area contributed by atoms with Crippen molar-refractivity contribution in [1.82, 2.24) is 10.6 Å². The number of aliphatic hydroxyl groups is 1. The number of dihydropyridines is 1. The van der Waals surface area contributed by atoms with E-state index in [1.807, 2.05) is 30.3 Å². The van der Waals surface area contributed by atoms with Crippen molar-refractivity contribution in [3.8, 4) is 5.75 Å². The fourth-order valence-corrected chi connectivity index (χ4v) is 5.14. The zero-order valence-corrected chi connectivity index (χ0v) is 26.3. The Balaban J connectivity index is 1.48. The molecule has 1 heterocycles. The molecule has 47 heavy (non-hydrogen) atoms. The van der Waals surface area contributed by atoms with E-state index < -0.39 is 52.0 Å². The van der Waals surface area contributed by atoms with Crippen molar-refractivity contribution < 1.29 is 47.0 Å². The summed E-state index contributed by atoms with van der Waals surface area (Å²) in [5.41, 5.74) is -3.29. The molecule has 2 aromatic carbocycles. The quantitative estimate of drug-likeness (QED) is 0.0813. The summed E-state index contributed by atoms with van der Waals surface area (Å²) >= 11 is 0. The standard InChI is InChI=1S/C33H40F3N3O8/c1-22-27(28(23-13-12-14-24(19-23)39(43)44)29(31(41)45-2)30(38-22)33(34,35)36)32(42)46-18-11-6-4-3-5-10-17-37-20-25(40)21-47-26-15-8-7-9-16-26/h7-9,12-16,19,25,28,37-38,40H,3-6,10-11,17-18,20-21H2,1-2H3. The van der Waals surface area contributed by atoms with E-state index in [0.29, 0.717) is 18.7 Å². The van der Waals surface area contributed by atoms with Gasteiger partial charge in [0, 0.05) is 24.4 Å². The first-order valence-corrected chi connectivity index (χ1v) is 15.3. The van der Waals surface area contributed by atoms with Gasteiger partial charge < -0.3 is 30.0 Å². The highest BCUT2D eigenvalue weighted by Crippen LogP contribution is 2.44. The second kappa shape index (κ2) is 18.0. The fourth-order valence-electron chi connectivity index (χ4n) is 5.14. The molecular formula is C33H40F3N3O8. The lowest BCUT2D eigenvalue weighted by Crippen LogP contribution is -2.38. The summed E-state index contributed by atoms with van der Waals surface area (Å²) in [6, 6.07) is 14.0. The number of para-hydroxylation sites is 1. The first-order chi connectivity index (χ1) is 22.4. The summed E-state index contributed by atoms with van der Waals surface area (Å²) in [5, 5.41) is 26.8. The van der Waals surface area contributed by atoms with Crippen molar-refractivity contribution >= 4 is 17.6 Å². The molecule has 0 fully saturated rings. The van der Waals surface area contributed by atoms with Crippen molar-refractivity contribution in [3.05, 3.63) is 92.8 Å². The smallest absolute Gasteiger partial charge is 0.431 e. The summed E-state index contributed by atoms with van der Waals surface area (Å²) in [7, 11) is 0.904. The first kappa shape index (κ1) is 37.0. The molecule has 0 saturated heterocycles. The van der Waals surface area contributed by atoms with Gasteiger partial charge in [0.05, 0.1) is 35.7 Å². The summed E-state index contributed by atoms with van der Waals surface area (Å²) in [6.07, 6.45) is -0.724. The van der Waals surface area contributed by atoms with Crippen LogP contribution in [0.4, 0.5) is 18.9 Å². The number of nitro benzene ring substituents is 1. The number of rotatable bonds is 18. The minimum atomic E-state index is -5.02. The number of carbonyl (C=O) groups is 2. The fraction of sp³-hybridized carbons (Fsp3) is 0.455. The SMILES string of the molecule is COC(=O)C1=C(C(F)(F)F)NC(C)=C(C(=O)OCCCCCCCCNCC(O)COc2ccccc2)C1c1cccc([N+](=O)[O-])c1. The van der Waals surface area contributed by atoms with Gasteiger partial charge in [-0.2, -0.15) is 13.2 Å². The number of allylic oxidation sites excluding steroid dienone is 2. The Hall–Kier alpha value is -4.43. The number of methoxy groups -OCH3 is 1. The van der Waals surface area contributed by atoms with Gasteiger partial charge in [0.1, 0.15) is 24.2 Å². The van der Waals surface area contributed by atoms with Crippen molar-refractivity contribution in [3.63, 3.8) is 0 Å². The Morgan fingerprint density at radius 2 is 1.68 bits per heavy atom. The summed E-state index contributed by atoms with van der Waals surface area (Å²) in [6.45, 7) is 2.59. The van der Waals surface area contributed by atoms with E-state index in [1.165, 1.54) is 19.1 Å². The van der Waals surface area contributed by atoms with Crippen molar-refractivity contribution in [2.45, 2.75) is 63.6 Å². The zero-order valence-electron chi connectivity index (χ0n) is 26.3. The van der Waals surface area contributed by atoms with Gasteiger partial charge in [-0.25, -0.2) is 9.59 Å². The second-order valence-electron chi connectivity index (χ2n) is 11.0. The van der Waals surface area contributed by atoms with E-state index >= 15 is 0 Å². The van der Waals surface area contributed by atoms with Crippen LogP contribution in [0.1, 0.15) is 56.9 Å². The number of hydrogen-bond donors (Lipinski definition) is 3. The molecule has 11 nitrogen and oxygen atoms in total. The topological polar surface area (TPSA) is 149 Å². The molecule has 0 saturated carbocycles. The number of aliphatic hydroxyl groups excluding tert-OH is 1. The van der Waals surface area contributed by atoms with E-state index in [-0.39, 0.29) is 30.0 Å². The lowest BCUT2D eigenvalue weighted by molar-refractivity contribution is -0.384. The lowest BCUT2D eigenvalue weighted by atomic mass is 9.80. The highest BCUT2D eigenvalue weighted by atomic mass is 19.4. The molecule has 0 aliphatic carbocycles. The lowest BCUT2D eigenvalue weighted by Gasteiger charge is -2.31. The van der Waals surface area contributed by atoms with Gasteiger partial charge in [0.15, 0.2) is 0 Å². The number of ether oxygens (including phenoxy) is 3. The average Bonchev–Trinajstić information content (AvgIpc) is 3.05. The molecule has 2 atom stereocenters. The molecular weight excluding hydrogens is 623 g/mol. The van der Waals surface area contributed by atoms with Crippen LogP contribution in [0.25, 0.3) is 0 Å². The minimum Gasteiger partial charge on any atom is -0.491 e. The van der Waals surface area contributed by atoms with Crippen molar-refractivity contribution in [2.24, 2.45) is 0 Å². The molecule has 256 valence electrons. The van der Waals surface area contributed by atoms with Gasteiger partial charge in [-0.05, 0) is 44.0 Å². The maximum atomic E-state index is 14.0. The number of nitrogens with zero attached hydrogens (tertiary/aromatic N) is 1. The number of non-ortho nitro benzene ring substituents is 1. The van der Waals surface area contributed by atoms with Crippen LogP contribution < -0.4 is 15.4 Å². The van der Waals surface area contributed by atoms with E-state index in [2.05, 4.69) is 15.4 Å².